The monoisotopic (exact) mass is 444 g/mol. The van der Waals surface area contributed by atoms with Crippen molar-refractivity contribution in [2.45, 2.75) is 30.3 Å². The summed E-state index contributed by atoms with van der Waals surface area (Å²) in [4.78, 5) is 1.75. The number of nitrogens with one attached hydrogen (secondary N) is 1. The number of rotatable bonds is 6. The van der Waals surface area contributed by atoms with Gasteiger partial charge < -0.3 is 14.4 Å². The molecular formula is C20H23F3N2O4S. The summed E-state index contributed by atoms with van der Waals surface area (Å²) in [7, 11) is -1.40. The number of ether oxygens (including phenoxy) is 2. The average Bonchev–Trinajstić information content (AvgIpc) is 2.72. The zero-order valence-corrected chi connectivity index (χ0v) is 17.4. The topological polar surface area (TPSA) is 67.9 Å². The van der Waals surface area contributed by atoms with E-state index in [0.29, 0.717) is 24.5 Å². The van der Waals surface area contributed by atoms with Crippen molar-refractivity contribution in [3.8, 4) is 11.5 Å². The highest BCUT2D eigenvalue weighted by atomic mass is 32.2. The van der Waals surface area contributed by atoms with E-state index < -0.39 is 21.8 Å². The van der Waals surface area contributed by atoms with Gasteiger partial charge in [-0.1, -0.05) is 0 Å². The molecule has 2 aromatic carbocycles. The lowest BCUT2D eigenvalue weighted by atomic mass is 10.1. The fourth-order valence-electron chi connectivity index (χ4n) is 3.39. The van der Waals surface area contributed by atoms with Crippen molar-refractivity contribution in [1.82, 2.24) is 0 Å². The van der Waals surface area contributed by atoms with Crippen LogP contribution >= 0.6 is 0 Å². The number of methoxy groups -OCH3 is 2. The largest absolute Gasteiger partial charge is 0.493 e. The molecule has 3 rings (SSSR count). The molecule has 0 atom stereocenters. The number of hydrogen-bond acceptors (Lipinski definition) is 5. The predicted octanol–water partition coefficient (Wildman–Crippen LogP) is 4.51. The molecule has 30 heavy (non-hydrogen) atoms. The van der Waals surface area contributed by atoms with Gasteiger partial charge in [-0.2, -0.15) is 13.2 Å². The Hall–Kier alpha value is -2.62. The predicted molar refractivity (Wildman–Crippen MR) is 108 cm³/mol. The highest BCUT2D eigenvalue weighted by molar-refractivity contribution is 7.92. The van der Waals surface area contributed by atoms with Gasteiger partial charge in [0.2, 0.25) is 0 Å². The summed E-state index contributed by atoms with van der Waals surface area (Å²) in [6.45, 7) is 1.30. The van der Waals surface area contributed by atoms with Crippen molar-refractivity contribution >= 4 is 21.4 Å². The highest BCUT2D eigenvalue weighted by Crippen LogP contribution is 2.38. The molecule has 0 bridgehead atoms. The van der Waals surface area contributed by atoms with Gasteiger partial charge in [0.25, 0.3) is 10.0 Å². The molecule has 0 saturated carbocycles. The number of sulfonamides is 1. The van der Waals surface area contributed by atoms with Crippen molar-refractivity contribution in [3.05, 3.63) is 42.0 Å². The summed E-state index contributed by atoms with van der Waals surface area (Å²) < 4.78 is 78.3. The third-order valence-electron chi connectivity index (χ3n) is 4.93. The molecule has 1 saturated heterocycles. The van der Waals surface area contributed by atoms with Crippen LogP contribution in [-0.4, -0.2) is 35.7 Å². The zero-order valence-electron chi connectivity index (χ0n) is 16.6. The molecule has 164 valence electrons. The Morgan fingerprint density at radius 3 is 2.20 bits per heavy atom. The van der Waals surface area contributed by atoms with Gasteiger partial charge in [-0.05, 0) is 49.6 Å². The molecule has 1 aliphatic heterocycles. The molecule has 0 aromatic heterocycles. The van der Waals surface area contributed by atoms with Crippen LogP contribution in [0.15, 0.2) is 41.3 Å². The standard InChI is InChI=1S/C20H23F3N2O4S/c1-28-18-9-7-15(13-19(18)29-2)30(26,27)24-16-12-14(20(21,22)23)6-8-17(16)25-10-4-3-5-11-25/h6-9,12-13,24H,3-5,10-11H2,1-2H3. The first-order valence-corrected chi connectivity index (χ1v) is 10.8. The Bertz CT molecular complexity index is 1000. The van der Waals surface area contributed by atoms with Gasteiger partial charge in [-0.25, -0.2) is 8.42 Å². The lowest BCUT2D eigenvalue weighted by Gasteiger charge is -2.31. The molecule has 1 heterocycles. The minimum Gasteiger partial charge on any atom is -0.493 e. The Labute approximate surface area is 173 Å². The van der Waals surface area contributed by atoms with E-state index in [4.69, 9.17) is 9.47 Å². The van der Waals surface area contributed by atoms with Crippen LogP contribution in [0.1, 0.15) is 24.8 Å². The van der Waals surface area contributed by atoms with Gasteiger partial charge in [-0.15, -0.1) is 0 Å². The molecule has 0 aliphatic carbocycles. The van der Waals surface area contributed by atoms with Crippen molar-refractivity contribution in [1.29, 1.82) is 0 Å². The molecule has 0 spiro atoms. The van der Waals surface area contributed by atoms with Crippen LogP contribution < -0.4 is 19.1 Å². The Balaban J connectivity index is 2.02. The Morgan fingerprint density at radius 2 is 1.60 bits per heavy atom. The van der Waals surface area contributed by atoms with Crippen LogP contribution in [0, 0.1) is 0 Å². The average molecular weight is 444 g/mol. The second kappa shape index (κ2) is 8.63. The number of hydrogen-bond donors (Lipinski definition) is 1. The molecule has 0 unspecified atom stereocenters. The van der Waals surface area contributed by atoms with Gasteiger partial charge in [0.05, 0.1) is 36.1 Å². The van der Waals surface area contributed by atoms with Crippen molar-refractivity contribution in [2.24, 2.45) is 0 Å². The van der Waals surface area contributed by atoms with Gasteiger partial charge in [-0.3, -0.25) is 4.72 Å². The van der Waals surface area contributed by atoms with E-state index in [-0.39, 0.29) is 16.3 Å². The molecular weight excluding hydrogens is 421 g/mol. The lowest BCUT2D eigenvalue weighted by Crippen LogP contribution is -2.30. The van der Waals surface area contributed by atoms with Crippen molar-refractivity contribution in [3.63, 3.8) is 0 Å². The lowest BCUT2D eigenvalue weighted by molar-refractivity contribution is -0.137. The second-order valence-electron chi connectivity index (χ2n) is 6.90. The number of nitrogens with zero attached hydrogens (tertiary/aromatic N) is 1. The summed E-state index contributed by atoms with van der Waals surface area (Å²) in [5.41, 5.74) is -0.610. The van der Waals surface area contributed by atoms with Crippen LogP contribution in [0.5, 0.6) is 11.5 Å². The number of piperidine rings is 1. The molecule has 1 fully saturated rings. The molecule has 2 aromatic rings. The van der Waals surface area contributed by atoms with Crippen LogP contribution in [0.25, 0.3) is 0 Å². The van der Waals surface area contributed by atoms with E-state index in [9.17, 15) is 21.6 Å². The maximum Gasteiger partial charge on any atom is 0.416 e. The number of anilines is 2. The van der Waals surface area contributed by atoms with Crippen LogP contribution in [0.4, 0.5) is 24.5 Å². The summed E-state index contributed by atoms with van der Waals surface area (Å²) in [6.07, 6.45) is -1.78. The number of benzene rings is 2. The maximum atomic E-state index is 13.3. The summed E-state index contributed by atoms with van der Waals surface area (Å²) >= 11 is 0. The third-order valence-corrected chi connectivity index (χ3v) is 6.29. The molecule has 10 heteroatoms. The summed E-state index contributed by atoms with van der Waals surface area (Å²) in [5, 5.41) is 0. The number of alkyl halides is 3. The molecule has 6 nitrogen and oxygen atoms in total. The van der Waals surface area contributed by atoms with E-state index in [1.54, 1.807) is 0 Å². The van der Waals surface area contributed by atoms with Crippen molar-refractivity contribution < 1.29 is 31.1 Å². The Kier molecular flexibility index (Phi) is 6.35. The zero-order chi connectivity index (χ0) is 21.9. The SMILES string of the molecule is COc1ccc(S(=O)(=O)Nc2cc(C(F)(F)F)ccc2N2CCCCC2)cc1OC. The molecule has 1 aliphatic rings. The molecule has 0 radical (unpaired) electrons. The smallest absolute Gasteiger partial charge is 0.416 e. The van der Waals surface area contributed by atoms with E-state index in [1.807, 2.05) is 4.90 Å². The van der Waals surface area contributed by atoms with Crippen molar-refractivity contribution in [2.75, 3.05) is 36.9 Å². The minimum atomic E-state index is -4.59. The first-order valence-electron chi connectivity index (χ1n) is 9.37. The Morgan fingerprint density at radius 1 is 0.933 bits per heavy atom. The maximum absolute atomic E-state index is 13.3. The summed E-state index contributed by atoms with van der Waals surface area (Å²) in [6, 6.07) is 7.11. The van der Waals surface area contributed by atoms with E-state index in [0.717, 1.165) is 31.4 Å². The van der Waals surface area contributed by atoms with Crippen LogP contribution in [0.2, 0.25) is 0 Å². The second-order valence-corrected chi connectivity index (χ2v) is 8.58. The fourth-order valence-corrected chi connectivity index (χ4v) is 4.47. The molecule has 1 N–H and O–H groups in total. The molecule has 0 amide bonds. The minimum absolute atomic E-state index is 0.110. The highest BCUT2D eigenvalue weighted by Gasteiger charge is 2.32. The van der Waals surface area contributed by atoms with E-state index in [2.05, 4.69) is 4.72 Å². The van der Waals surface area contributed by atoms with Gasteiger partial charge in [0.1, 0.15) is 0 Å². The third kappa shape index (κ3) is 4.75. The van der Waals surface area contributed by atoms with Gasteiger partial charge >= 0.3 is 6.18 Å². The van der Waals surface area contributed by atoms with Gasteiger partial charge in [0.15, 0.2) is 11.5 Å². The first kappa shape index (κ1) is 22.1. The fraction of sp³-hybridized carbons (Fsp3) is 0.400. The van der Waals surface area contributed by atoms with Gasteiger partial charge in [0, 0.05) is 19.2 Å². The van der Waals surface area contributed by atoms with E-state index in [1.165, 1.54) is 38.5 Å². The first-order chi connectivity index (χ1) is 14.2. The van der Waals surface area contributed by atoms with Crippen LogP contribution in [0.3, 0.4) is 0 Å². The normalized spacial score (nSPS) is 15.0. The van der Waals surface area contributed by atoms with E-state index >= 15 is 0 Å². The number of halogens is 3. The quantitative estimate of drug-likeness (QED) is 0.710. The van der Waals surface area contributed by atoms with Crippen LogP contribution in [-0.2, 0) is 16.2 Å². The summed E-state index contributed by atoms with van der Waals surface area (Å²) in [5.74, 6) is 0.533.